The molecular formula is C11H6BrClN2O3. The average Bonchev–Trinajstić information content (AvgIpc) is 2.28. The van der Waals surface area contributed by atoms with Gasteiger partial charge >= 0.3 is 0 Å². The fourth-order valence-corrected chi connectivity index (χ4v) is 1.83. The first-order valence-electron chi connectivity index (χ1n) is 4.80. The standard InChI is InChI=1S/C11H6BrClN2O3/c12-10-2-1-3-11(14-10)18-7-4-5-9(15(16)17)8(13)6-7/h1-6H. The number of nitro groups is 1. The van der Waals surface area contributed by atoms with Gasteiger partial charge in [0.05, 0.1) is 4.92 Å². The van der Waals surface area contributed by atoms with Gasteiger partial charge in [0.15, 0.2) is 0 Å². The van der Waals surface area contributed by atoms with Crippen LogP contribution >= 0.6 is 27.5 Å². The van der Waals surface area contributed by atoms with Gasteiger partial charge in [-0.15, -0.1) is 0 Å². The van der Waals surface area contributed by atoms with Crippen LogP contribution in [0.1, 0.15) is 0 Å². The molecule has 0 spiro atoms. The molecule has 0 aliphatic carbocycles. The van der Waals surface area contributed by atoms with Gasteiger partial charge in [0.2, 0.25) is 5.88 Å². The van der Waals surface area contributed by atoms with Crippen LogP contribution in [0.2, 0.25) is 5.02 Å². The maximum Gasteiger partial charge on any atom is 0.288 e. The molecule has 0 atom stereocenters. The van der Waals surface area contributed by atoms with Crippen molar-refractivity contribution in [1.82, 2.24) is 4.98 Å². The molecule has 0 unspecified atom stereocenters. The fraction of sp³-hybridized carbons (Fsp3) is 0. The quantitative estimate of drug-likeness (QED) is 0.481. The molecule has 0 bridgehead atoms. The number of nitro benzene ring substituents is 1. The number of pyridine rings is 1. The van der Waals surface area contributed by atoms with Crippen molar-refractivity contribution in [1.29, 1.82) is 0 Å². The van der Waals surface area contributed by atoms with E-state index in [-0.39, 0.29) is 10.7 Å². The molecule has 2 rings (SSSR count). The number of rotatable bonds is 3. The maximum absolute atomic E-state index is 10.6. The Morgan fingerprint density at radius 3 is 2.72 bits per heavy atom. The third-order valence-corrected chi connectivity index (χ3v) is 2.77. The second-order valence-electron chi connectivity index (χ2n) is 3.27. The van der Waals surface area contributed by atoms with E-state index in [2.05, 4.69) is 20.9 Å². The van der Waals surface area contributed by atoms with E-state index in [9.17, 15) is 10.1 Å². The number of halogens is 2. The van der Waals surface area contributed by atoms with E-state index in [1.165, 1.54) is 18.2 Å². The Morgan fingerprint density at radius 1 is 1.33 bits per heavy atom. The zero-order valence-electron chi connectivity index (χ0n) is 8.84. The van der Waals surface area contributed by atoms with E-state index in [1.807, 2.05) is 0 Å². The summed E-state index contributed by atoms with van der Waals surface area (Å²) in [6.07, 6.45) is 0. The van der Waals surface area contributed by atoms with Crippen molar-refractivity contribution in [3.8, 4) is 11.6 Å². The number of nitrogens with zero attached hydrogens (tertiary/aromatic N) is 2. The highest BCUT2D eigenvalue weighted by atomic mass is 79.9. The number of benzene rings is 1. The van der Waals surface area contributed by atoms with Crippen molar-refractivity contribution in [2.24, 2.45) is 0 Å². The molecular weight excluding hydrogens is 323 g/mol. The average molecular weight is 330 g/mol. The minimum atomic E-state index is -0.552. The SMILES string of the molecule is O=[N+]([O-])c1ccc(Oc2cccc(Br)n2)cc1Cl. The third-order valence-electron chi connectivity index (χ3n) is 2.03. The molecule has 18 heavy (non-hydrogen) atoms. The highest BCUT2D eigenvalue weighted by Gasteiger charge is 2.13. The second-order valence-corrected chi connectivity index (χ2v) is 4.49. The summed E-state index contributed by atoms with van der Waals surface area (Å²) in [6.45, 7) is 0. The Labute approximate surface area is 116 Å². The number of ether oxygens (including phenoxy) is 1. The molecule has 1 aromatic heterocycles. The lowest BCUT2D eigenvalue weighted by molar-refractivity contribution is -0.384. The van der Waals surface area contributed by atoms with Crippen molar-refractivity contribution >= 4 is 33.2 Å². The van der Waals surface area contributed by atoms with Crippen molar-refractivity contribution in [2.75, 3.05) is 0 Å². The summed E-state index contributed by atoms with van der Waals surface area (Å²) >= 11 is 8.98. The minimum absolute atomic E-state index is 0.0208. The molecule has 0 aliphatic heterocycles. The molecule has 0 N–H and O–H groups in total. The molecule has 7 heteroatoms. The van der Waals surface area contributed by atoms with Crippen LogP contribution in [-0.2, 0) is 0 Å². The molecule has 0 saturated heterocycles. The first-order valence-corrected chi connectivity index (χ1v) is 5.98. The number of aromatic nitrogens is 1. The molecule has 0 aliphatic rings. The maximum atomic E-state index is 10.6. The highest BCUT2D eigenvalue weighted by Crippen LogP contribution is 2.30. The van der Waals surface area contributed by atoms with Crippen LogP contribution in [0.25, 0.3) is 0 Å². The predicted octanol–water partition coefficient (Wildman–Crippen LogP) is 4.20. The van der Waals surface area contributed by atoms with Gasteiger partial charge < -0.3 is 4.74 Å². The first kappa shape index (κ1) is 12.8. The van der Waals surface area contributed by atoms with Crippen LogP contribution in [-0.4, -0.2) is 9.91 Å². The molecule has 0 fully saturated rings. The van der Waals surface area contributed by atoms with Gasteiger partial charge in [-0.2, -0.15) is 0 Å². The Bertz CT molecular complexity index is 607. The van der Waals surface area contributed by atoms with E-state index >= 15 is 0 Å². The lowest BCUT2D eigenvalue weighted by Gasteiger charge is -2.05. The summed E-state index contributed by atoms with van der Waals surface area (Å²) in [5, 5.41) is 10.6. The van der Waals surface area contributed by atoms with Gasteiger partial charge in [0.25, 0.3) is 5.69 Å². The monoisotopic (exact) mass is 328 g/mol. The zero-order valence-corrected chi connectivity index (χ0v) is 11.2. The van der Waals surface area contributed by atoms with Gasteiger partial charge in [0.1, 0.15) is 15.4 Å². The molecule has 1 heterocycles. The number of hydrogen-bond donors (Lipinski definition) is 0. The van der Waals surface area contributed by atoms with Crippen molar-refractivity contribution in [3.05, 3.63) is 56.1 Å². The lowest BCUT2D eigenvalue weighted by atomic mass is 10.3. The normalized spacial score (nSPS) is 10.1. The van der Waals surface area contributed by atoms with Gasteiger partial charge in [-0.25, -0.2) is 4.98 Å². The largest absolute Gasteiger partial charge is 0.439 e. The van der Waals surface area contributed by atoms with Crippen LogP contribution in [0.4, 0.5) is 5.69 Å². The van der Waals surface area contributed by atoms with Crippen molar-refractivity contribution in [2.45, 2.75) is 0 Å². The Kier molecular flexibility index (Phi) is 3.78. The molecule has 0 amide bonds. The zero-order chi connectivity index (χ0) is 13.1. The Morgan fingerprint density at radius 2 is 2.11 bits per heavy atom. The first-order chi connectivity index (χ1) is 8.56. The fourth-order valence-electron chi connectivity index (χ4n) is 1.27. The molecule has 5 nitrogen and oxygen atoms in total. The van der Waals surface area contributed by atoms with Gasteiger partial charge in [0, 0.05) is 18.2 Å². The van der Waals surface area contributed by atoms with Crippen LogP contribution in [0.3, 0.4) is 0 Å². The van der Waals surface area contributed by atoms with Crippen molar-refractivity contribution < 1.29 is 9.66 Å². The van der Waals surface area contributed by atoms with Crippen LogP contribution in [0, 0.1) is 10.1 Å². The summed E-state index contributed by atoms with van der Waals surface area (Å²) in [4.78, 5) is 14.1. The van der Waals surface area contributed by atoms with Gasteiger partial charge in [-0.3, -0.25) is 10.1 Å². The van der Waals surface area contributed by atoms with E-state index in [4.69, 9.17) is 16.3 Å². The van der Waals surface area contributed by atoms with E-state index in [0.29, 0.717) is 16.2 Å². The van der Waals surface area contributed by atoms with E-state index < -0.39 is 4.92 Å². The molecule has 2 aromatic rings. The second kappa shape index (κ2) is 5.32. The summed E-state index contributed by atoms with van der Waals surface area (Å²) in [5.41, 5.74) is -0.161. The summed E-state index contributed by atoms with van der Waals surface area (Å²) in [6, 6.07) is 9.32. The molecule has 92 valence electrons. The Balaban J connectivity index is 2.25. The smallest absolute Gasteiger partial charge is 0.288 e. The van der Waals surface area contributed by atoms with Gasteiger partial charge in [-0.1, -0.05) is 17.7 Å². The van der Waals surface area contributed by atoms with Gasteiger partial charge in [-0.05, 0) is 28.1 Å². The molecule has 1 aromatic carbocycles. The summed E-state index contributed by atoms with van der Waals surface area (Å²) in [7, 11) is 0. The van der Waals surface area contributed by atoms with Crippen LogP contribution < -0.4 is 4.74 Å². The lowest BCUT2D eigenvalue weighted by Crippen LogP contribution is -1.91. The Hall–Kier alpha value is -1.66. The summed E-state index contributed by atoms with van der Waals surface area (Å²) < 4.78 is 6.06. The predicted molar refractivity (Wildman–Crippen MR) is 70.1 cm³/mol. The van der Waals surface area contributed by atoms with E-state index in [1.54, 1.807) is 18.2 Å². The molecule has 0 saturated carbocycles. The highest BCUT2D eigenvalue weighted by molar-refractivity contribution is 9.10. The summed E-state index contributed by atoms with van der Waals surface area (Å²) in [5.74, 6) is 0.755. The van der Waals surface area contributed by atoms with Crippen molar-refractivity contribution in [3.63, 3.8) is 0 Å². The topological polar surface area (TPSA) is 65.3 Å². The van der Waals surface area contributed by atoms with Crippen LogP contribution in [0.15, 0.2) is 41.0 Å². The molecule has 0 radical (unpaired) electrons. The third kappa shape index (κ3) is 2.96. The minimum Gasteiger partial charge on any atom is -0.439 e. The van der Waals surface area contributed by atoms with E-state index in [0.717, 1.165) is 0 Å². The number of hydrogen-bond acceptors (Lipinski definition) is 4. The van der Waals surface area contributed by atoms with Crippen LogP contribution in [0.5, 0.6) is 11.6 Å².